The Morgan fingerprint density at radius 1 is 1.20 bits per heavy atom. The predicted molar refractivity (Wildman–Crippen MR) is 101 cm³/mol. The third-order valence-electron chi connectivity index (χ3n) is 3.93. The van der Waals surface area contributed by atoms with Crippen LogP contribution in [-0.4, -0.2) is 19.1 Å². The molecule has 0 atom stereocenters. The van der Waals surface area contributed by atoms with Crippen molar-refractivity contribution in [3.8, 4) is 0 Å². The average molecular weight is 335 g/mol. The maximum absolute atomic E-state index is 11.9. The van der Waals surface area contributed by atoms with Gasteiger partial charge in [0.05, 0.1) is 6.61 Å². The Labute approximate surface area is 147 Å². The van der Waals surface area contributed by atoms with Gasteiger partial charge in [-0.1, -0.05) is 42.5 Å². The van der Waals surface area contributed by atoms with E-state index in [4.69, 9.17) is 9.15 Å². The summed E-state index contributed by atoms with van der Waals surface area (Å²) in [5.74, 6) is -0.144. The Hall–Kier alpha value is -3.01. The van der Waals surface area contributed by atoms with Crippen LogP contribution in [0.25, 0.3) is 17.0 Å². The second-order valence-corrected chi connectivity index (χ2v) is 5.68. The minimum absolute atomic E-state index is 0.276. The number of aryl methyl sites for hydroxylation is 1. The molecule has 4 heteroatoms. The van der Waals surface area contributed by atoms with E-state index >= 15 is 0 Å². The van der Waals surface area contributed by atoms with Gasteiger partial charge in [-0.05, 0) is 37.6 Å². The van der Waals surface area contributed by atoms with Gasteiger partial charge in [-0.3, -0.25) is 0 Å². The summed E-state index contributed by atoms with van der Waals surface area (Å²) < 4.78 is 10.7. The number of hydrogen-bond donors (Lipinski definition) is 1. The van der Waals surface area contributed by atoms with Gasteiger partial charge >= 0.3 is 5.97 Å². The van der Waals surface area contributed by atoms with Crippen molar-refractivity contribution in [3.05, 3.63) is 71.5 Å². The number of carbonyl (C=O) groups excluding carboxylic acids is 1. The molecule has 0 fully saturated rings. The largest absolute Gasteiger partial charge is 0.460 e. The molecule has 4 nitrogen and oxygen atoms in total. The Balaban J connectivity index is 1.71. The molecule has 3 aromatic rings. The van der Waals surface area contributed by atoms with E-state index in [0.29, 0.717) is 18.7 Å². The Morgan fingerprint density at radius 2 is 2.00 bits per heavy atom. The van der Waals surface area contributed by atoms with Crippen molar-refractivity contribution in [1.29, 1.82) is 0 Å². The van der Waals surface area contributed by atoms with Gasteiger partial charge < -0.3 is 14.5 Å². The number of anilines is 1. The van der Waals surface area contributed by atoms with Crippen LogP contribution in [0.1, 0.15) is 28.6 Å². The summed E-state index contributed by atoms with van der Waals surface area (Å²) in [6, 6.07) is 16.0. The number of esters is 1. The second kappa shape index (κ2) is 7.71. The molecule has 0 amide bonds. The van der Waals surface area contributed by atoms with Crippen LogP contribution >= 0.6 is 0 Å². The highest BCUT2D eigenvalue weighted by Crippen LogP contribution is 2.28. The second-order valence-electron chi connectivity index (χ2n) is 5.68. The maximum atomic E-state index is 11.9. The van der Waals surface area contributed by atoms with E-state index in [1.165, 1.54) is 5.56 Å². The van der Waals surface area contributed by atoms with Gasteiger partial charge in [0.2, 0.25) is 5.76 Å². The fraction of sp³-hybridized carbons (Fsp3) is 0.190. The smallest absolute Gasteiger partial charge is 0.374 e. The zero-order valence-corrected chi connectivity index (χ0v) is 14.4. The molecule has 128 valence electrons. The van der Waals surface area contributed by atoms with Crippen LogP contribution in [0.15, 0.2) is 59.0 Å². The predicted octanol–water partition coefficient (Wildman–Crippen LogP) is 5.04. The van der Waals surface area contributed by atoms with Gasteiger partial charge in [0.15, 0.2) is 0 Å². The molecular formula is C21H21NO3. The molecule has 0 radical (unpaired) electrons. The minimum atomic E-state index is -0.420. The lowest BCUT2D eigenvalue weighted by atomic mass is 10.1. The first-order chi connectivity index (χ1) is 12.2. The van der Waals surface area contributed by atoms with Crippen LogP contribution in [0, 0.1) is 6.92 Å². The van der Waals surface area contributed by atoms with Crippen LogP contribution in [-0.2, 0) is 4.74 Å². The fourth-order valence-corrected chi connectivity index (χ4v) is 2.66. The van der Waals surface area contributed by atoms with Gasteiger partial charge in [0.25, 0.3) is 0 Å². The van der Waals surface area contributed by atoms with Crippen molar-refractivity contribution < 1.29 is 13.9 Å². The van der Waals surface area contributed by atoms with Crippen molar-refractivity contribution in [3.63, 3.8) is 0 Å². The first-order valence-corrected chi connectivity index (χ1v) is 8.34. The van der Waals surface area contributed by atoms with Gasteiger partial charge in [-0.25, -0.2) is 4.79 Å². The molecule has 25 heavy (non-hydrogen) atoms. The van der Waals surface area contributed by atoms with Crippen LogP contribution in [0.5, 0.6) is 0 Å². The third-order valence-corrected chi connectivity index (χ3v) is 3.93. The van der Waals surface area contributed by atoms with Crippen molar-refractivity contribution >= 4 is 28.7 Å². The molecule has 0 aliphatic rings. The maximum Gasteiger partial charge on any atom is 0.374 e. The first kappa shape index (κ1) is 16.8. The van der Waals surface area contributed by atoms with Gasteiger partial charge in [-0.15, -0.1) is 0 Å². The van der Waals surface area contributed by atoms with Gasteiger partial charge in [0, 0.05) is 23.2 Å². The molecule has 3 rings (SSSR count). The lowest BCUT2D eigenvalue weighted by Gasteiger charge is -2.03. The molecular weight excluding hydrogens is 314 g/mol. The number of furan rings is 1. The van der Waals surface area contributed by atoms with E-state index < -0.39 is 5.97 Å². The van der Waals surface area contributed by atoms with Crippen LogP contribution < -0.4 is 5.32 Å². The SMILES string of the molecule is CCOC(=O)c1oc2ccc(NCC=Cc3ccccc3)cc2c1C. The van der Waals surface area contributed by atoms with E-state index in [2.05, 4.69) is 29.6 Å². The standard InChI is InChI=1S/C21H21NO3/c1-3-24-21(23)20-15(2)18-14-17(11-12-19(18)25-20)22-13-7-10-16-8-5-4-6-9-16/h4-12,14,22H,3,13H2,1-2H3. The summed E-state index contributed by atoms with van der Waals surface area (Å²) in [7, 11) is 0. The van der Waals surface area contributed by atoms with E-state index in [0.717, 1.165) is 16.6 Å². The number of carbonyl (C=O) groups is 1. The fourth-order valence-electron chi connectivity index (χ4n) is 2.66. The summed E-state index contributed by atoms with van der Waals surface area (Å²) in [6.07, 6.45) is 4.15. The lowest BCUT2D eigenvalue weighted by molar-refractivity contribution is 0.0491. The monoisotopic (exact) mass is 335 g/mol. The first-order valence-electron chi connectivity index (χ1n) is 8.34. The van der Waals surface area contributed by atoms with Crippen molar-refractivity contribution in [1.82, 2.24) is 0 Å². The molecule has 0 aliphatic heterocycles. The Morgan fingerprint density at radius 3 is 2.76 bits per heavy atom. The summed E-state index contributed by atoms with van der Waals surface area (Å²) in [6.45, 7) is 4.69. The van der Waals surface area contributed by atoms with Gasteiger partial charge in [0.1, 0.15) is 5.58 Å². The van der Waals surface area contributed by atoms with E-state index in [-0.39, 0.29) is 5.76 Å². The number of nitrogens with one attached hydrogen (secondary N) is 1. The highest BCUT2D eigenvalue weighted by molar-refractivity contribution is 5.96. The van der Waals surface area contributed by atoms with E-state index in [9.17, 15) is 4.79 Å². The van der Waals surface area contributed by atoms with Crippen LogP contribution in [0.3, 0.4) is 0 Å². The quantitative estimate of drug-likeness (QED) is 0.641. The molecule has 0 saturated carbocycles. The molecule has 1 aromatic heterocycles. The number of benzene rings is 2. The molecule has 0 spiro atoms. The molecule has 2 aromatic carbocycles. The molecule has 1 heterocycles. The average Bonchev–Trinajstić information content (AvgIpc) is 2.96. The highest BCUT2D eigenvalue weighted by atomic mass is 16.5. The topological polar surface area (TPSA) is 51.5 Å². The van der Waals surface area contributed by atoms with Crippen molar-refractivity contribution in [2.75, 3.05) is 18.5 Å². The zero-order valence-electron chi connectivity index (χ0n) is 14.4. The molecule has 0 unspecified atom stereocenters. The minimum Gasteiger partial charge on any atom is -0.460 e. The van der Waals surface area contributed by atoms with E-state index in [1.54, 1.807) is 6.92 Å². The molecule has 0 aliphatic carbocycles. The van der Waals surface area contributed by atoms with Gasteiger partial charge in [-0.2, -0.15) is 0 Å². The third kappa shape index (κ3) is 3.91. The molecule has 0 bridgehead atoms. The Bertz CT molecular complexity index is 894. The highest BCUT2D eigenvalue weighted by Gasteiger charge is 2.18. The number of rotatable bonds is 6. The van der Waals surface area contributed by atoms with Crippen molar-refractivity contribution in [2.45, 2.75) is 13.8 Å². The number of fused-ring (bicyclic) bond motifs is 1. The molecule has 0 saturated heterocycles. The molecule has 1 N–H and O–H groups in total. The number of ether oxygens (including phenoxy) is 1. The Kier molecular flexibility index (Phi) is 5.19. The summed E-state index contributed by atoms with van der Waals surface area (Å²) >= 11 is 0. The summed E-state index contributed by atoms with van der Waals surface area (Å²) in [5, 5.41) is 4.27. The summed E-state index contributed by atoms with van der Waals surface area (Å²) in [5.41, 5.74) is 3.64. The number of hydrogen-bond acceptors (Lipinski definition) is 4. The lowest BCUT2D eigenvalue weighted by Crippen LogP contribution is -2.04. The van der Waals surface area contributed by atoms with Crippen LogP contribution in [0.2, 0.25) is 0 Å². The van der Waals surface area contributed by atoms with Crippen molar-refractivity contribution in [2.24, 2.45) is 0 Å². The zero-order chi connectivity index (χ0) is 17.6. The normalized spacial score (nSPS) is 11.1. The summed E-state index contributed by atoms with van der Waals surface area (Å²) in [4.78, 5) is 11.9. The van der Waals surface area contributed by atoms with Crippen LogP contribution in [0.4, 0.5) is 5.69 Å². The van der Waals surface area contributed by atoms with E-state index in [1.807, 2.05) is 43.3 Å².